The minimum absolute atomic E-state index is 0.160. The van der Waals surface area contributed by atoms with Crippen LogP contribution in [0.2, 0.25) is 0 Å². The van der Waals surface area contributed by atoms with Crippen LogP contribution in [0.4, 0.5) is 0 Å². The molecule has 2 fully saturated rings. The molecule has 2 saturated carbocycles. The highest BCUT2D eigenvalue weighted by Crippen LogP contribution is 2.52. The van der Waals surface area contributed by atoms with Gasteiger partial charge >= 0.3 is 0 Å². The van der Waals surface area contributed by atoms with Gasteiger partial charge in [0.1, 0.15) is 0 Å². The number of hydrogen-bond donors (Lipinski definition) is 0. The lowest BCUT2D eigenvalue weighted by Gasteiger charge is -2.19. The van der Waals surface area contributed by atoms with Crippen molar-refractivity contribution in [3.63, 3.8) is 0 Å². The molecule has 0 nitrogen and oxygen atoms in total. The normalized spacial score (nSPS) is 52.4. The number of alkyl halides is 2. The molecule has 0 N–H and O–H groups in total. The van der Waals surface area contributed by atoms with E-state index in [2.05, 4.69) is 6.58 Å². The molecule has 2 aliphatic carbocycles. The van der Waals surface area contributed by atoms with Crippen molar-refractivity contribution in [3.05, 3.63) is 12.2 Å². The van der Waals surface area contributed by atoms with E-state index < -0.39 is 0 Å². The highest BCUT2D eigenvalue weighted by atomic mass is 35.5. The summed E-state index contributed by atoms with van der Waals surface area (Å²) in [5.74, 6) is 1.04. The van der Waals surface area contributed by atoms with Gasteiger partial charge in [-0.05, 0) is 24.7 Å². The Balaban J connectivity index is 2.29. The highest BCUT2D eigenvalue weighted by Gasteiger charge is 2.48. The van der Waals surface area contributed by atoms with Crippen LogP contribution in [0.1, 0.15) is 12.8 Å². The summed E-state index contributed by atoms with van der Waals surface area (Å²) in [5.41, 5.74) is 1.31. The van der Waals surface area contributed by atoms with Gasteiger partial charge < -0.3 is 0 Å². The van der Waals surface area contributed by atoms with Crippen LogP contribution in [0, 0.1) is 11.8 Å². The number of halogens is 2. The quantitative estimate of drug-likeness (QED) is 0.394. The van der Waals surface area contributed by atoms with Crippen LogP contribution in [-0.2, 0) is 0 Å². The Labute approximate surface area is 71.2 Å². The van der Waals surface area contributed by atoms with Crippen LogP contribution in [-0.4, -0.2) is 10.8 Å². The summed E-state index contributed by atoms with van der Waals surface area (Å²) in [6, 6.07) is 0. The fraction of sp³-hybridized carbons (Fsp3) is 0.750. The lowest BCUT2D eigenvalue weighted by atomic mass is 10.00. The first kappa shape index (κ1) is 7.00. The molecule has 0 aromatic heterocycles. The zero-order chi connectivity index (χ0) is 7.30. The van der Waals surface area contributed by atoms with Gasteiger partial charge in [-0.15, -0.1) is 23.2 Å². The lowest BCUT2D eigenvalue weighted by Crippen LogP contribution is -2.22. The summed E-state index contributed by atoms with van der Waals surface area (Å²) in [4.78, 5) is 0. The van der Waals surface area contributed by atoms with Crippen molar-refractivity contribution in [1.29, 1.82) is 0 Å². The van der Waals surface area contributed by atoms with E-state index in [9.17, 15) is 0 Å². The Bertz CT molecular complexity index is 158. The van der Waals surface area contributed by atoms with Gasteiger partial charge in [0.25, 0.3) is 0 Å². The second-order valence-electron chi connectivity index (χ2n) is 3.25. The topological polar surface area (TPSA) is 0 Å². The fourth-order valence-electron chi connectivity index (χ4n) is 2.18. The van der Waals surface area contributed by atoms with Gasteiger partial charge in [0, 0.05) is 0 Å². The Kier molecular flexibility index (Phi) is 1.50. The van der Waals surface area contributed by atoms with Gasteiger partial charge in [-0.25, -0.2) is 0 Å². The number of hydrogen-bond acceptors (Lipinski definition) is 0. The number of fused-ring (bicyclic) bond motifs is 2. The van der Waals surface area contributed by atoms with Crippen molar-refractivity contribution in [1.82, 2.24) is 0 Å². The summed E-state index contributed by atoms with van der Waals surface area (Å²) >= 11 is 12.1. The maximum Gasteiger partial charge on any atom is 0.0570 e. The summed E-state index contributed by atoms with van der Waals surface area (Å²) in [6.45, 7) is 4.01. The molecular weight excluding hydrogens is 167 g/mol. The average molecular weight is 177 g/mol. The van der Waals surface area contributed by atoms with E-state index >= 15 is 0 Å². The van der Waals surface area contributed by atoms with E-state index in [0.29, 0.717) is 11.8 Å². The van der Waals surface area contributed by atoms with E-state index in [1.807, 2.05) is 0 Å². The molecule has 2 aliphatic rings. The maximum atomic E-state index is 6.06. The van der Waals surface area contributed by atoms with E-state index in [1.54, 1.807) is 0 Å². The zero-order valence-corrected chi connectivity index (χ0v) is 7.20. The first-order valence-corrected chi connectivity index (χ1v) is 4.56. The Morgan fingerprint density at radius 3 is 1.70 bits per heavy atom. The summed E-state index contributed by atoms with van der Waals surface area (Å²) < 4.78 is 0. The van der Waals surface area contributed by atoms with E-state index in [-0.39, 0.29) is 10.8 Å². The predicted octanol–water partition coefficient (Wildman–Crippen LogP) is 2.80. The van der Waals surface area contributed by atoms with Gasteiger partial charge in [0.2, 0.25) is 0 Å². The maximum absolute atomic E-state index is 6.06. The average Bonchev–Trinajstić information content (AvgIpc) is 2.34. The molecule has 0 radical (unpaired) electrons. The molecule has 0 amide bonds. The van der Waals surface area contributed by atoms with E-state index in [0.717, 1.165) is 0 Å². The third kappa shape index (κ3) is 0.695. The van der Waals surface area contributed by atoms with Crippen LogP contribution >= 0.6 is 23.2 Å². The first-order chi connectivity index (χ1) is 4.72. The Morgan fingerprint density at radius 2 is 1.50 bits per heavy atom. The standard InChI is InChI=1S/C8H10Cl2/c1-4-5-2-3-6(4)8(10)7(5)9/h5-8H,1-3H2. The predicted molar refractivity (Wildman–Crippen MR) is 44.6 cm³/mol. The zero-order valence-electron chi connectivity index (χ0n) is 5.69. The van der Waals surface area contributed by atoms with Crippen molar-refractivity contribution in [2.75, 3.05) is 0 Å². The van der Waals surface area contributed by atoms with Gasteiger partial charge in [-0.1, -0.05) is 12.2 Å². The highest BCUT2D eigenvalue weighted by molar-refractivity contribution is 6.31. The van der Waals surface area contributed by atoms with Crippen molar-refractivity contribution >= 4 is 23.2 Å². The smallest absolute Gasteiger partial charge is 0.0570 e. The van der Waals surface area contributed by atoms with Crippen molar-refractivity contribution < 1.29 is 0 Å². The Morgan fingerprint density at radius 1 is 1.10 bits per heavy atom. The number of allylic oxidation sites excluding steroid dienone is 1. The summed E-state index contributed by atoms with van der Waals surface area (Å²) in [7, 11) is 0. The lowest BCUT2D eigenvalue weighted by molar-refractivity contribution is 0.494. The van der Waals surface area contributed by atoms with Gasteiger partial charge in [-0.2, -0.15) is 0 Å². The van der Waals surface area contributed by atoms with Crippen molar-refractivity contribution in [2.45, 2.75) is 23.6 Å². The molecule has 0 aromatic carbocycles. The molecule has 4 unspecified atom stereocenters. The molecule has 2 bridgehead atoms. The van der Waals surface area contributed by atoms with Gasteiger partial charge in [-0.3, -0.25) is 0 Å². The fourth-order valence-corrected chi connectivity index (χ4v) is 3.10. The van der Waals surface area contributed by atoms with Crippen molar-refractivity contribution in [3.8, 4) is 0 Å². The van der Waals surface area contributed by atoms with Crippen molar-refractivity contribution in [2.24, 2.45) is 11.8 Å². The van der Waals surface area contributed by atoms with E-state index in [4.69, 9.17) is 23.2 Å². The van der Waals surface area contributed by atoms with Crippen LogP contribution in [0.5, 0.6) is 0 Å². The number of rotatable bonds is 0. The molecule has 0 heterocycles. The van der Waals surface area contributed by atoms with Gasteiger partial charge in [0.05, 0.1) is 10.8 Å². The largest absolute Gasteiger partial charge is 0.121 e. The van der Waals surface area contributed by atoms with Crippen LogP contribution in [0.25, 0.3) is 0 Å². The molecule has 56 valence electrons. The van der Waals surface area contributed by atoms with E-state index in [1.165, 1.54) is 18.4 Å². The third-order valence-electron chi connectivity index (χ3n) is 2.81. The second kappa shape index (κ2) is 2.15. The molecule has 0 spiro atoms. The van der Waals surface area contributed by atoms with Crippen LogP contribution in [0.15, 0.2) is 12.2 Å². The second-order valence-corrected chi connectivity index (χ2v) is 4.26. The molecule has 4 atom stereocenters. The Hall–Kier alpha value is 0.320. The molecule has 0 saturated heterocycles. The van der Waals surface area contributed by atoms with Gasteiger partial charge in [0.15, 0.2) is 0 Å². The van der Waals surface area contributed by atoms with Crippen LogP contribution in [0.3, 0.4) is 0 Å². The molecule has 0 aliphatic heterocycles. The molecule has 10 heavy (non-hydrogen) atoms. The monoisotopic (exact) mass is 176 g/mol. The molecule has 0 aromatic rings. The minimum Gasteiger partial charge on any atom is -0.121 e. The van der Waals surface area contributed by atoms with Crippen LogP contribution < -0.4 is 0 Å². The SMILES string of the molecule is C=C1C2CCC1C(Cl)C2Cl. The summed E-state index contributed by atoms with van der Waals surface area (Å²) in [5, 5.41) is 0.320. The minimum atomic E-state index is 0.160. The summed E-state index contributed by atoms with van der Waals surface area (Å²) in [6.07, 6.45) is 2.42. The molecule has 2 heteroatoms. The third-order valence-corrected chi connectivity index (χ3v) is 4.09. The first-order valence-electron chi connectivity index (χ1n) is 3.68. The molecular formula is C8H10Cl2. The molecule has 2 rings (SSSR count).